The van der Waals surface area contributed by atoms with Crippen LogP contribution in [-0.2, 0) is 25.7 Å². The van der Waals surface area contributed by atoms with Crippen molar-refractivity contribution in [3.63, 3.8) is 0 Å². The number of benzene rings is 1. The molecule has 1 aromatic rings. The number of hydrogen-bond donors (Lipinski definition) is 1. The van der Waals surface area contributed by atoms with Gasteiger partial charge in [-0.05, 0) is 69.9 Å². The number of likely N-dealkylation sites (tertiary alicyclic amines) is 2. The first kappa shape index (κ1) is 39.5. The fourth-order valence-electron chi connectivity index (χ4n) is 7.84. The summed E-state index contributed by atoms with van der Waals surface area (Å²) >= 11 is 0. The van der Waals surface area contributed by atoms with E-state index >= 15 is 0 Å². The molecule has 278 valence electrons. The first-order valence-corrected chi connectivity index (χ1v) is 19.0. The molecule has 4 amide bonds. The third kappa shape index (κ3) is 9.75. The molecule has 0 saturated carbocycles. The molecule has 3 saturated heterocycles. The van der Waals surface area contributed by atoms with Crippen LogP contribution in [0.4, 0.5) is 0 Å². The molecule has 10 heteroatoms. The molecule has 0 spiro atoms. The van der Waals surface area contributed by atoms with Gasteiger partial charge in [-0.2, -0.15) is 0 Å². The molecule has 1 aromatic carbocycles. The Morgan fingerprint density at radius 3 is 2.12 bits per heavy atom. The molecule has 4 atom stereocenters. The first-order chi connectivity index (χ1) is 23.6. The van der Waals surface area contributed by atoms with Crippen molar-refractivity contribution in [1.29, 1.82) is 0 Å². The molecule has 0 bridgehead atoms. The Morgan fingerprint density at radius 1 is 0.880 bits per heavy atom. The Bertz CT molecular complexity index is 1350. The van der Waals surface area contributed by atoms with Crippen molar-refractivity contribution in [3.05, 3.63) is 47.5 Å². The number of nitrogens with zero attached hydrogens (tertiary/aromatic N) is 5. The van der Waals surface area contributed by atoms with Crippen LogP contribution in [0, 0.1) is 11.3 Å². The zero-order chi connectivity index (χ0) is 36.7. The fraction of sp³-hybridized carbons (Fsp3) is 0.700. The smallest absolute Gasteiger partial charge is 0.249 e. The summed E-state index contributed by atoms with van der Waals surface area (Å²) in [6.07, 6.45) is 6.20. The second-order valence-corrected chi connectivity index (χ2v) is 16.4. The standard InChI is InChI=1S/C40H64N6O4/c1-28(2)34(42(9)39(50)35(40(6,7)8)41-36(47)32-18-13-14-20-45(32)29(3)4)26-30(5)37(48)46-21-15-19-33(46)38(49)44-24-22-43(23-25-44)27-31-16-11-10-12-17-31/h10-12,16-17,26,28-29,32-35H,13-15,18-25,27H2,1-9H3,(H,41,47)/b30-26+/t32?,33-,34+,35+/m0/s1. The number of amides is 4. The highest BCUT2D eigenvalue weighted by Crippen LogP contribution is 2.27. The number of hydrogen-bond acceptors (Lipinski definition) is 6. The van der Waals surface area contributed by atoms with Crippen LogP contribution < -0.4 is 5.32 Å². The van der Waals surface area contributed by atoms with E-state index in [2.05, 4.69) is 53.2 Å². The molecule has 1 unspecified atom stereocenters. The van der Waals surface area contributed by atoms with E-state index in [1.807, 2.05) is 51.7 Å². The third-order valence-corrected chi connectivity index (χ3v) is 10.9. The minimum absolute atomic E-state index is 0.0148. The molecular weight excluding hydrogens is 628 g/mol. The number of piperazine rings is 1. The van der Waals surface area contributed by atoms with E-state index in [1.165, 1.54) is 5.56 Å². The summed E-state index contributed by atoms with van der Waals surface area (Å²) in [5.74, 6) is -0.365. The molecular formula is C40H64N6O4. The quantitative estimate of drug-likeness (QED) is 0.342. The van der Waals surface area contributed by atoms with E-state index in [0.29, 0.717) is 31.6 Å². The van der Waals surface area contributed by atoms with Crippen molar-refractivity contribution in [2.45, 2.75) is 124 Å². The van der Waals surface area contributed by atoms with Crippen LogP contribution >= 0.6 is 0 Å². The predicted molar refractivity (Wildman–Crippen MR) is 199 cm³/mol. The Balaban J connectivity index is 1.42. The normalized spacial score (nSPS) is 22.5. The fourth-order valence-corrected chi connectivity index (χ4v) is 7.84. The second kappa shape index (κ2) is 17.3. The van der Waals surface area contributed by atoms with Gasteiger partial charge in [0.2, 0.25) is 23.6 Å². The van der Waals surface area contributed by atoms with E-state index in [-0.39, 0.29) is 47.7 Å². The minimum Gasteiger partial charge on any atom is -0.342 e. The average molecular weight is 693 g/mol. The average Bonchev–Trinajstić information content (AvgIpc) is 3.58. The van der Waals surface area contributed by atoms with Crippen LogP contribution in [0.3, 0.4) is 0 Å². The van der Waals surface area contributed by atoms with Crippen molar-refractivity contribution in [3.8, 4) is 0 Å². The van der Waals surface area contributed by atoms with Crippen LogP contribution in [0.2, 0.25) is 0 Å². The third-order valence-electron chi connectivity index (χ3n) is 10.9. The molecule has 3 fully saturated rings. The second-order valence-electron chi connectivity index (χ2n) is 16.4. The number of carbonyl (C=O) groups is 4. The summed E-state index contributed by atoms with van der Waals surface area (Å²) in [6, 6.07) is 8.83. The largest absolute Gasteiger partial charge is 0.342 e. The van der Waals surface area contributed by atoms with Crippen LogP contribution in [-0.4, -0.2) is 125 Å². The lowest BCUT2D eigenvalue weighted by Gasteiger charge is -2.41. The van der Waals surface area contributed by atoms with E-state index in [4.69, 9.17) is 0 Å². The SMILES string of the molecule is C/C(=C\[C@H](C(C)C)N(C)C(=O)[C@@H](NC(=O)C1CCCCN1C(C)C)C(C)(C)C)C(=O)N1CCC[C@H]1C(=O)N1CCN(Cc2ccccc2)CC1. The topological polar surface area (TPSA) is 96.5 Å². The number of carbonyl (C=O) groups excluding carboxylic acids is 4. The summed E-state index contributed by atoms with van der Waals surface area (Å²) in [5, 5.41) is 3.16. The number of rotatable bonds is 11. The molecule has 0 aliphatic carbocycles. The van der Waals surface area contributed by atoms with Gasteiger partial charge in [-0.3, -0.25) is 29.0 Å². The lowest BCUT2D eigenvalue weighted by molar-refractivity contribution is -0.143. The van der Waals surface area contributed by atoms with Gasteiger partial charge >= 0.3 is 0 Å². The van der Waals surface area contributed by atoms with Crippen LogP contribution in [0.25, 0.3) is 0 Å². The van der Waals surface area contributed by atoms with Gasteiger partial charge in [-0.25, -0.2) is 0 Å². The van der Waals surface area contributed by atoms with Crippen LogP contribution in [0.5, 0.6) is 0 Å². The molecule has 1 N–H and O–H groups in total. The van der Waals surface area contributed by atoms with Gasteiger partial charge in [0.1, 0.15) is 12.1 Å². The van der Waals surface area contributed by atoms with Gasteiger partial charge in [-0.15, -0.1) is 0 Å². The predicted octanol–water partition coefficient (Wildman–Crippen LogP) is 4.54. The first-order valence-electron chi connectivity index (χ1n) is 19.0. The monoisotopic (exact) mass is 692 g/mol. The van der Waals surface area contributed by atoms with E-state index in [0.717, 1.165) is 51.9 Å². The van der Waals surface area contributed by atoms with Gasteiger partial charge < -0.3 is 20.0 Å². The van der Waals surface area contributed by atoms with Crippen molar-refractivity contribution < 1.29 is 19.2 Å². The maximum atomic E-state index is 14.2. The van der Waals surface area contributed by atoms with Crippen molar-refractivity contribution in [1.82, 2.24) is 29.8 Å². The van der Waals surface area contributed by atoms with Gasteiger partial charge in [0.15, 0.2) is 0 Å². The number of nitrogens with one attached hydrogen (secondary N) is 1. The molecule has 0 aromatic heterocycles. The van der Waals surface area contributed by atoms with Crippen LogP contribution in [0.1, 0.15) is 93.1 Å². The Morgan fingerprint density at radius 2 is 1.52 bits per heavy atom. The summed E-state index contributed by atoms with van der Waals surface area (Å²) in [4.78, 5) is 65.6. The Hall–Kier alpha value is -3.24. The minimum atomic E-state index is -0.727. The van der Waals surface area contributed by atoms with Crippen molar-refractivity contribution >= 4 is 23.6 Å². The number of piperidine rings is 1. The molecule has 4 rings (SSSR count). The lowest BCUT2D eigenvalue weighted by atomic mass is 9.84. The maximum Gasteiger partial charge on any atom is 0.249 e. The van der Waals surface area contributed by atoms with Crippen molar-refractivity contribution in [2.75, 3.05) is 46.3 Å². The summed E-state index contributed by atoms with van der Waals surface area (Å²) in [6.45, 7) is 21.3. The lowest BCUT2D eigenvalue weighted by Crippen LogP contribution is -2.60. The molecule has 50 heavy (non-hydrogen) atoms. The number of likely N-dealkylation sites (N-methyl/N-ethyl adjacent to an activating group) is 1. The van der Waals surface area contributed by atoms with Gasteiger partial charge in [-0.1, -0.05) is 77.4 Å². The highest BCUT2D eigenvalue weighted by atomic mass is 16.2. The van der Waals surface area contributed by atoms with E-state index in [9.17, 15) is 19.2 Å². The molecule has 3 aliphatic heterocycles. The zero-order valence-electron chi connectivity index (χ0n) is 32.3. The summed E-state index contributed by atoms with van der Waals surface area (Å²) < 4.78 is 0. The molecule has 10 nitrogen and oxygen atoms in total. The van der Waals surface area contributed by atoms with E-state index in [1.54, 1.807) is 23.8 Å². The van der Waals surface area contributed by atoms with Crippen LogP contribution in [0.15, 0.2) is 42.0 Å². The van der Waals surface area contributed by atoms with Gasteiger partial charge in [0.25, 0.3) is 0 Å². The molecule has 0 radical (unpaired) electrons. The summed E-state index contributed by atoms with van der Waals surface area (Å²) in [5.41, 5.74) is 1.28. The highest BCUT2D eigenvalue weighted by Gasteiger charge is 2.41. The van der Waals surface area contributed by atoms with Gasteiger partial charge in [0.05, 0.1) is 12.1 Å². The van der Waals surface area contributed by atoms with Gasteiger partial charge in [0, 0.05) is 57.9 Å². The van der Waals surface area contributed by atoms with Crippen molar-refractivity contribution in [2.24, 2.45) is 11.3 Å². The zero-order valence-corrected chi connectivity index (χ0v) is 32.3. The molecule has 3 aliphatic rings. The Kier molecular flexibility index (Phi) is 13.7. The molecule has 3 heterocycles. The highest BCUT2D eigenvalue weighted by molar-refractivity contribution is 5.97. The maximum absolute atomic E-state index is 14.2. The Labute approximate surface area is 301 Å². The van der Waals surface area contributed by atoms with E-state index < -0.39 is 17.5 Å². The summed E-state index contributed by atoms with van der Waals surface area (Å²) in [7, 11) is 1.77.